The molecule has 5 aromatic rings. The van der Waals surface area contributed by atoms with Crippen LogP contribution < -0.4 is 14.8 Å². The summed E-state index contributed by atoms with van der Waals surface area (Å²) in [7, 11) is 0. The second-order valence-corrected chi connectivity index (χ2v) is 7.02. The molecule has 0 amide bonds. The summed E-state index contributed by atoms with van der Waals surface area (Å²) in [5.41, 5.74) is 0.654. The molecule has 0 fully saturated rings. The van der Waals surface area contributed by atoms with E-state index in [1.165, 1.54) is 15.9 Å². The van der Waals surface area contributed by atoms with Crippen LogP contribution in [0.2, 0.25) is 0 Å². The van der Waals surface area contributed by atoms with Gasteiger partial charge in [-0.2, -0.15) is 9.50 Å². The average Bonchev–Trinajstić information content (AvgIpc) is 3.42. The number of nitrogens with zero attached hydrogens (tertiary/aromatic N) is 3. The van der Waals surface area contributed by atoms with Gasteiger partial charge in [0.15, 0.2) is 5.76 Å². The largest absolute Gasteiger partial charge is 0.461 e. The molecule has 0 aliphatic heterocycles. The molecule has 0 spiro atoms. The van der Waals surface area contributed by atoms with Gasteiger partial charge in [-0.25, -0.2) is 0 Å². The van der Waals surface area contributed by atoms with Crippen LogP contribution in [-0.2, 0) is 0 Å². The van der Waals surface area contributed by atoms with Crippen LogP contribution in [0.25, 0.3) is 22.6 Å². The van der Waals surface area contributed by atoms with E-state index in [2.05, 4.69) is 10.1 Å². The first-order valence-electron chi connectivity index (χ1n) is 8.54. The van der Waals surface area contributed by atoms with Crippen molar-refractivity contribution in [2.24, 2.45) is 0 Å². The number of para-hydroxylation sites is 1. The fourth-order valence-corrected chi connectivity index (χ4v) is 3.70. The summed E-state index contributed by atoms with van der Waals surface area (Å²) in [6, 6.07) is 20.6. The molecular formula is C21H13N3O3S. The molecule has 5 rings (SSSR count). The van der Waals surface area contributed by atoms with Crippen LogP contribution in [0.1, 0.15) is 5.56 Å². The molecule has 3 heterocycles. The van der Waals surface area contributed by atoms with Crippen molar-refractivity contribution < 1.29 is 9.15 Å². The fourth-order valence-electron chi connectivity index (χ4n) is 2.79. The van der Waals surface area contributed by atoms with Crippen LogP contribution in [-0.4, -0.2) is 14.6 Å². The molecule has 0 saturated heterocycles. The van der Waals surface area contributed by atoms with Crippen LogP contribution in [0.4, 0.5) is 0 Å². The van der Waals surface area contributed by atoms with Gasteiger partial charge >= 0.3 is 0 Å². The normalized spacial score (nSPS) is 11.9. The highest BCUT2D eigenvalue weighted by atomic mass is 32.1. The van der Waals surface area contributed by atoms with Crippen molar-refractivity contribution in [3.05, 3.63) is 93.4 Å². The van der Waals surface area contributed by atoms with Crippen molar-refractivity contribution in [2.45, 2.75) is 0 Å². The summed E-state index contributed by atoms with van der Waals surface area (Å²) in [6.07, 6.45) is 3.36. The number of hydrogen-bond acceptors (Lipinski definition) is 6. The van der Waals surface area contributed by atoms with E-state index in [1.807, 2.05) is 60.7 Å². The smallest absolute Gasteiger partial charge is 0.291 e. The lowest BCUT2D eigenvalue weighted by Gasteiger charge is -2.05. The molecule has 0 atom stereocenters. The number of rotatable bonds is 4. The maximum absolute atomic E-state index is 12.7. The zero-order valence-electron chi connectivity index (χ0n) is 14.5. The molecule has 28 heavy (non-hydrogen) atoms. The first-order valence-corrected chi connectivity index (χ1v) is 9.36. The van der Waals surface area contributed by atoms with E-state index in [0.717, 1.165) is 11.3 Å². The third kappa shape index (κ3) is 3.08. The standard InChI is InChI=1S/C21H13N3O3S/c25-20-18(28-21-22-19(23-24(20)21)17-10-5-11-26-17)13-14-6-4-9-16(12-14)27-15-7-2-1-3-8-15/h1-13H/b18-13-. The minimum atomic E-state index is -0.209. The summed E-state index contributed by atoms with van der Waals surface area (Å²) in [6.45, 7) is 0. The predicted octanol–water partition coefficient (Wildman–Crippen LogP) is 3.75. The lowest BCUT2D eigenvalue weighted by molar-refractivity contribution is 0.482. The molecule has 0 saturated carbocycles. The topological polar surface area (TPSA) is 69.6 Å². The van der Waals surface area contributed by atoms with Crippen LogP contribution >= 0.6 is 11.3 Å². The maximum atomic E-state index is 12.7. The summed E-state index contributed by atoms with van der Waals surface area (Å²) < 4.78 is 13.0. The highest BCUT2D eigenvalue weighted by Crippen LogP contribution is 2.22. The molecule has 0 radical (unpaired) electrons. The molecule has 6 nitrogen and oxygen atoms in total. The molecular weight excluding hydrogens is 374 g/mol. The van der Waals surface area contributed by atoms with Gasteiger partial charge in [0.25, 0.3) is 5.56 Å². The van der Waals surface area contributed by atoms with Gasteiger partial charge in [-0.1, -0.05) is 41.7 Å². The van der Waals surface area contributed by atoms with E-state index in [-0.39, 0.29) is 5.56 Å². The lowest BCUT2D eigenvalue weighted by Crippen LogP contribution is -2.23. The molecule has 0 bridgehead atoms. The maximum Gasteiger partial charge on any atom is 0.291 e. The summed E-state index contributed by atoms with van der Waals surface area (Å²) >= 11 is 1.29. The van der Waals surface area contributed by atoms with Crippen LogP contribution in [0.5, 0.6) is 11.5 Å². The zero-order chi connectivity index (χ0) is 18.9. The number of ether oxygens (including phenoxy) is 1. The Morgan fingerprint density at radius 3 is 2.64 bits per heavy atom. The molecule has 7 heteroatoms. The van der Waals surface area contributed by atoms with Gasteiger partial charge in [0, 0.05) is 0 Å². The zero-order valence-corrected chi connectivity index (χ0v) is 15.3. The molecule has 136 valence electrons. The van der Waals surface area contributed by atoms with Crippen molar-refractivity contribution >= 4 is 22.4 Å². The Hall–Kier alpha value is -3.71. The van der Waals surface area contributed by atoms with E-state index < -0.39 is 0 Å². The van der Waals surface area contributed by atoms with E-state index >= 15 is 0 Å². The minimum Gasteiger partial charge on any atom is -0.461 e. The van der Waals surface area contributed by atoms with E-state index in [1.54, 1.807) is 18.4 Å². The molecule has 0 aliphatic rings. The Kier molecular flexibility index (Phi) is 3.99. The van der Waals surface area contributed by atoms with Crippen molar-refractivity contribution in [1.29, 1.82) is 0 Å². The van der Waals surface area contributed by atoms with Gasteiger partial charge in [0.05, 0.1) is 10.8 Å². The molecule has 0 aliphatic carbocycles. The number of benzene rings is 2. The Balaban J connectivity index is 1.50. The summed E-state index contributed by atoms with van der Waals surface area (Å²) in [5, 5.41) is 4.26. The quantitative estimate of drug-likeness (QED) is 0.470. The number of hydrogen-bond donors (Lipinski definition) is 0. The average molecular weight is 387 g/mol. The molecule has 0 N–H and O–H groups in total. The van der Waals surface area contributed by atoms with Crippen molar-refractivity contribution in [1.82, 2.24) is 14.6 Å². The van der Waals surface area contributed by atoms with E-state index in [4.69, 9.17) is 9.15 Å². The fraction of sp³-hybridized carbons (Fsp3) is 0. The second-order valence-electron chi connectivity index (χ2n) is 6.01. The summed E-state index contributed by atoms with van der Waals surface area (Å²) in [5.74, 6) is 2.39. The number of aromatic nitrogens is 3. The van der Waals surface area contributed by atoms with E-state index in [9.17, 15) is 4.79 Å². The minimum absolute atomic E-state index is 0.209. The first kappa shape index (κ1) is 16.5. The SMILES string of the molecule is O=c1/c(=C/c2cccc(Oc3ccccc3)c2)sc2nc(-c3ccco3)nn12. The Labute approximate surface area is 163 Å². The van der Waals surface area contributed by atoms with Crippen molar-refractivity contribution in [3.8, 4) is 23.1 Å². The van der Waals surface area contributed by atoms with Crippen LogP contribution in [0, 0.1) is 0 Å². The highest BCUT2D eigenvalue weighted by molar-refractivity contribution is 7.15. The van der Waals surface area contributed by atoms with Crippen LogP contribution in [0.15, 0.2) is 82.2 Å². The highest BCUT2D eigenvalue weighted by Gasteiger charge is 2.13. The third-order valence-electron chi connectivity index (χ3n) is 4.06. The number of thiazole rings is 1. The van der Waals surface area contributed by atoms with Crippen molar-refractivity contribution in [2.75, 3.05) is 0 Å². The second kappa shape index (κ2) is 6.79. The molecule has 3 aromatic heterocycles. The first-order chi connectivity index (χ1) is 13.8. The monoisotopic (exact) mass is 387 g/mol. The van der Waals surface area contributed by atoms with Gasteiger partial charge in [0.2, 0.25) is 10.8 Å². The molecule has 0 unspecified atom stereocenters. The predicted molar refractivity (Wildman–Crippen MR) is 107 cm³/mol. The Morgan fingerprint density at radius 1 is 1.00 bits per heavy atom. The lowest BCUT2D eigenvalue weighted by atomic mass is 10.2. The number of furan rings is 1. The van der Waals surface area contributed by atoms with Gasteiger partial charge in [-0.3, -0.25) is 4.79 Å². The van der Waals surface area contributed by atoms with E-state index in [0.29, 0.717) is 26.8 Å². The summed E-state index contributed by atoms with van der Waals surface area (Å²) in [4.78, 5) is 17.6. The number of fused-ring (bicyclic) bond motifs is 1. The van der Waals surface area contributed by atoms with Crippen molar-refractivity contribution in [3.63, 3.8) is 0 Å². The Morgan fingerprint density at radius 2 is 1.86 bits per heavy atom. The van der Waals surface area contributed by atoms with Gasteiger partial charge < -0.3 is 9.15 Å². The molecule has 2 aromatic carbocycles. The van der Waals surface area contributed by atoms with Gasteiger partial charge in [-0.15, -0.1) is 5.10 Å². The third-order valence-corrected chi connectivity index (χ3v) is 5.02. The van der Waals surface area contributed by atoms with Crippen LogP contribution in [0.3, 0.4) is 0 Å². The Bertz CT molecular complexity index is 1360. The van der Waals surface area contributed by atoms with Gasteiger partial charge in [-0.05, 0) is 48.0 Å². The van der Waals surface area contributed by atoms with Gasteiger partial charge in [0.1, 0.15) is 11.5 Å².